The number of aliphatic hydroxyl groups is 1. The van der Waals surface area contributed by atoms with Crippen LogP contribution in [0.15, 0.2) is 41.6 Å². The number of hydrogen-bond acceptors (Lipinski definition) is 5. The Morgan fingerprint density at radius 1 is 1.35 bits per heavy atom. The van der Waals surface area contributed by atoms with E-state index in [0.29, 0.717) is 12.8 Å². The van der Waals surface area contributed by atoms with Crippen molar-refractivity contribution < 1.29 is 18.3 Å². The Morgan fingerprint density at radius 2 is 2.12 bits per heavy atom. The van der Waals surface area contributed by atoms with Crippen molar-refractivity contribution in [2.24, 2.45) is 7.05 Å². The number of sulfonamides is 1. The number of nitrogens with zero attached hydrogens (tertiary/aromatic N) is 2. The zero-order chi connectivity index (χ0) is 19.2. The first-order valence-electron chi connectivity index (χ1n) is 8.33. The quantitative estimate of drug-likeness (QED) is 0.561. The molecule has 0 fully saturated rings. The van der Waals surface area contributed by atoms with Crippen molar-refractivity contribution in [3.8, 4) is 0 Å². The Bertz CT molecular complexity index is 848. The van der Waals surface area contributed by atoms with Crippen molar-refractivity contribution in [3.05, 3.63) is 47.8 Å². The fraction of sp³-hybridized carbons (Fsp3) is 0.412. The van der Waals surface area contributed by atoms with Crippen molar-refractivity contribution in [1.82, 2.24) is 19.8 Å². The maximum Gasteiger partial charge on any atom is 0.251 e. The van der Waals surface area contributed by atoms with Crippen LogP contribution in [0.3, 0.4) is 0 Å². The summed E-state index contributed by atoms with van der Waals surface area (Å²) in [7, 11) is -1.91. The molecule has 1 amide bonds. The summed E-state index contributed by atoms with van der Waals surface area (Å²) in [6.45, 7) is 2.09. The van der Waals surface area contributed by atoms with E-state index < -0.39 is 10.0 Å². The van der Waals surface area contributed by atoms with Crippen LogP contribution in [0.2, 0.25) is 0 Å². The lowest BCUT2D eigenvalue weighted by Crippen LogP contribution is -2.28. The summed E-state index contributed by atoms with van der Waals surface area (Å²) in [5, 5.41) is 15.6. The molecule has 1 aromatic carbocycles. The standard InChI is InChI=1S/C17H24N4O4S/c1-13(15-11-18-21(2)12-15)20-17(23)14-6-5-7-16(10-14)26(24,25)19-8-3-4-9-22/h5-7,10-13,19,22H,3-4,8-9H2,1-2H3,(H,20,23)/t13-/m1/s1. The van der Waals surface area contributed by atoms with Gasteiger partial charge in [0.2, 0.25) is 10.0 Å². The number of carbonyl (C=O) groups excluding carboxylic acids is 1. The number of amides is 1. The van der Waals surface area contributed by atoms with E-state index in [1.807, 2.05) is 13.1 Å². The molecule has 0 spiro atoms. The number of nitrogens with one attached hydrogen (secondary N) is 2. The molecular formula is C17H24N4O4S. The SMILES string of the molecule is C[C@@H](NC(=O)c1cccc(S(=O)(=O)NCCCCO)c1)c1cnn(C)c1. The van der Waals surface area contributed by atoms with E-state index in [-0.39, 0.29) is 35.6 Å². The van der Waals surface area contributed by atoms with Crippen LogP contribution in [0.5, 0.6) is 0 Å². The van der Waals surface area contributed by atoms with Gasteiger partial charge in [-0.3, -0.25) is 9.48 Å². The van der Waals surface area contributed by atoms with E-state index >= 15 is 0 Å². The summed E-state index contributed by atoms with van der Waals surface area (Å²) in [5.41, 5.74) is 1.12. The average Bonchev–Trinajstić information content (AvgIpc) is 3.05. The molecule has 0 aliphatic heterocycles. The van der Waals surface area contributed by atoms with Gasteiger partial charge in [-0.05, 0) is 38.0 Å². The van der Waals surface area contributed by atoms with Gasteiger partial charge in [0.1, 0.15) is 0 Å². The maximum absolute atomic E-state index is 12.4. The lowest BCUT2D eigenvalue weighted by Gasteiger charge is -2.13. The van der Waals surface area contributed by atoms with Crippen LogP contribution in [-0.4, -0.2) is 42.4 Å². The molecule has 2 aromatic rings. The van der Waals surface area contributed by atoms with Gasteiger partial charge in [0.25, 0.3) is 5.91 Å². The van der Waals surface area contributed by atoms with Crippen molar-refractivity contribution in [1.29, 1.82) is 0 Å². The second kappa shape index (κ2) is 8.93. The number of benzene rings is 1. The van der Waals surface area contributed by atoms with Gasteiger partial charge < -0.3 is 10.4 Å². The van der Waals surface area contributed by atoms with Gasteiger partial charge in [0.15, 0.2) is 0 Å². The third kappa shape index (κ3) is 5.38. The van der Waals surface area contributed by atoms with Crippen LogP contribution < -0.4 is 10.0 Å². The molecule has 0 bridgehead atoms. The van der Waals surface area contributed by atoms with Gasteiger partial charge in [-0.25, -0.2) is 13.1 Å². The third-order valence-corrected chi connectivity index (χ3v) is 5.31. The minimum atomic E-state index is -3.70. The molecule has 0 saturated heterocycles. The number of hydrogen-bond donors (Lipinski definition) is 3. The van der Waals surface area contributed by atoms with Crippen LogP contribution in [0.4, 0.5) is 0 Å². The molecule has 142 valence electrons. The number of aliphatic hydroxyl groups excluding tert-OH is 1. The highest BCUT2D eigenvalue weighted by Crippen LogP contribution is 2.15. The number of unbranched alkanes of at least 4 members (excludes halogenated alkanes) is 1. The minimum Gasteiger partial charge on any atom is -0.396 e. The molecule has 0 saturated carbocycles. The first-order valence-corrected chi connectivity index (χ1v) is 9.82. The second-order valence-corrected chi connectivity index (χ2v) is 7.77. The zero-order valence-corrected chi connectivity index (χ0v) is 15.7. The lowest BCUT2D eigenvalue weighted by atomic mass is 10.1. The summed E-state index contributed by atoms with van der Waals surface area (Å²) in [4.78, 5) is 12.5. The smallest absolute Gasteiger partial charge is 0.251 e. The fourth-order valence-electron chi connectivity index (χ4n) is 2.36. The molecule has 0 aliphatic carbocycles. The molecular weight excluding hydrogens is 356 g/mol. The highest BCUT2D eigenvalue weighted by Gasteiger charge is 2.17. The predicted molar refractivity (Wildman–Crippen MR) is 97.0 cm³/mol. The fourth-order valence-corrected chi connectivity index (χ4v) is 3.48. The molecule has 0 radical (unpaired) electrons. The van der Waals surface area contributed by atoms with Gasteiger partial charge in [0.05, 0.1) is 17.1 Å². The van der Waals surface area contributed by atoms with E-state index in [2.05, 4.69) is 15.1 Å². The highest BCUT2D eigenvalue weighted by molar-refractivity contribution is 7.89. The van der Waals surface area contributed by atoms with Crippen LogP contribution in [0, 0.1) is 0 Å². The van der Waals surface area contributed by atoms with E-state index in [1.54, 1.807) is 24.0 Å². The summed E-state index contributed by atoms with van der Waals surface area (Å²) >= 11 is 0. The monoisotopic (exact) mass is 380 g/mol. The van der Waals surface area contributed by atoms with Crippen LogP contribution in [0.25, 0.3) is 0 Å². The molecule has 3 N–H and O–H groups in total. The van der Waals surface area contributed by atoms with E-state index in [1.165, 1.54) is 18.2 Å². The molecule has 1 atom stereocenters. The van der Waals surface area contributed by atoms with E-state index in [4.69, 9.17) is 5.11 Å². The lowest BCUT2D eigenvalue weighted by molar-refractivity contribution is 0.0939. The van der Waals surface area contributed by atoms with Crippen LogP contribution >= 0.6 is 0 Å². The molecule has 1 aromatic heterocycles. The molecule has 0 aliphatic rings. The summed E-state index contributed by atoms with van der Waals surface area (Å²) < 4.78 is 28.7. The number of aryl methyl sites for hydroxylation is 1. The minimum absolute atomic E-state index is 0.0203. The largest absolute Gasteiger partial charge is 0.396 e. The van der Waals surface area contributed by atoms with Crippen molar-refractivity contribution in [2.45, 2.75) is 30.7 Å². The molecule has 1 heterocycles. The molecule has 9 heteroatoms. The summed E-state index contributed by atoms with van der Waals surface area (Å²) in [5.74, 6) is -0.362. The first-order chi connectivity index (χ1) is 12.3. The van der Waals surface area contributed by atoms with E-state index in [9.17, 15) is 13.2 Å². The summed E-state index contributed by atoms with van der Waals surface area (Å²) in [6.07, 6.45) is 4.54. The van der Waals surface area contributed by atoms with Gasteiger partial charge in [-0.15, -0.1) is 0 Å². The van der Waals surface area contributed by atoms with Crippen molar-refractivity contribution in [2.75, 3.05) is 13.2 Å². The van der Waals surface area contributed by atoms with Crippen LogP contribution in [0.1, 0.15) is 41.7 Å². The Hall–Kier alpha value is -2.23. The maximum atomic E-state index is 12.4. The topological polar surface area (TPSA) is 113 Å². The van der Waals surface area contributed by atoms with Crippen molar-refractivity contribution in [3.63, 3.8) is 0 Å². The Morgan fingerprint density at radius 3 is 2.77 bits per heavy atom. The molecule has 0 unspecified atom stereocenters. The van der Waals surface area contributed by atoms with Gasteiger partial charge in [-0.2, -0.15) is 5.10 Å². The van der Waals surface area contributed by atoms with E-state index in [0.717, 1.165) is 5.56 Å². The summed E-state index contributed by atoms with van der Waals surface area (Å²) in [6, 6.07) is 5.63. The Kier molecular flexibility index (Phi) is 6.90. The molecule has 8 nitrogen and oxygen atoms in total. The zero-order valence-electron chi connectivity index (χ0n) is 14.8. The second-order valence-electron chi connectivity index (χ2n) is 6.00. The van der Waals surface area contributed by atoms with Crippen LogP contribution in [-0.2, 0) is 17.1 Å². The van der Waals surface area contributed by atoms with Gasteiger partial charge in [0, 0.05) is 37.5 Å². The Labute approximate surface area is 153 Å². The average molecular weight is 380 g/mol. The number of aromatic nitrogens is 2. The molecule has 26 heavy (non-hydrogen) atoms. The van der Waals surface area contributed by atoms with Gasteiger partial charge in [-0.1, -0.05) is 6.07 Å². The number of carbonyl (C=O) groups is 1. The first kappa shape index (κ1) is 20.1. The molecule has 2 rings (SSSR count). The predicted octanol–water partition coefficient (Wildman–Crippen LogP) is 0.962. The number of rotatable bonds is 9. The highest BCUT2D eigenvalue weighted by atomic mass is 32.2. The van der Waals surface area contributed by atoms with Gasteiger partial charge >= 0.3 is 0 Å². The Balaban J connectivity index is 2.06. The third-order valence-electron chi connectivity index (χ3n) is 3.86. The normalized spacial score (nSPS) is 12.7. The van der Waals surface area contributed by atoms with Crippen molar-refractivity contribution >= 4 is 15.9 Å².